The van der Waals surface area contributed by atoms with Crippen molar-refractivity contribution in [1.82, 2.24) is 5.32 Å². The lowest BCUT2D eigenvalue weighted by atomic mass is 10.2. The van der Waals surface area contributed by atoms with E-state index in [1.54, 1.807) is 0 Å². The molecule has 0 spiro atoms. The minimum absolute atomic E-state index is 0.268. The summed E-state index contributed by atoms with van der Waals surface area (Å²) in [6, 6.07) is 7.21. The van der Waals surface area contributed by atoms with Gasteiger partial charge in [-0.1, -0.05) is 26.0 Å². The second-order valence-corrected chi connectivity index (χ2v) is 4.57. The Hall–Kier alpha value is -1.75. The third-order valence-corrected chi connectivity index (χ3v) is 2.91. The van der Waals surface area contributed by atoms with Crippen LogP contribution in [0.15, 0.2) is 24.3 Å². The Morgan fingerprint density at radius 1 is 1.14 bits per heavy atom. The molecule has 1 atom stereocenters. The van der Waals surface area contributed by atoms with Crippen LogP contribution in [0.1, 0.15) is 26.7 Å². The molecule has 0 aromatic heterocycles. The van der Waals surface area contributed by atoms with Crippen LogP contribution < -0.4 is 14.8 Å². The van der Waals surface area contributed by atoms with Crippen molar-refractivity contribution in [3.8, 4) is 11.5 Å². The molecule has 0 aliphatic heterocycles. The molecule has 0 saturated carbocycles. The lowest BCUT2D eigenvalue weighted by molar-refractivity contribution is -0.143. The zero-order valence-corrected chi connectivity index (χ0v) is 13.1. The molecule has 118 valence electrons. The molecule has 21 heavy (non-hydrogen) atoms. The number of para-hydroxylation sites is 2. The molecule has 1 N–H and O–H groups in total. The predicted octanol–water partition coefficient (Wildman–Crippen LogP) is 2.40. The molecule has 0 saturated heterocycles. The SMILES string of the molecule is CCCOc1ccccc1OCCC(NCC)C(=O)OC. The Bertz CT molecular complexity index is 422. The quantitative estimate of drug-likeness (QED) is 0.672. The zero-order valence-electron chi connectivity index (χ0n) is 13.1. The molecule has 0 amide bonds. The number of methoxy groups -OCH3 is 1. The van der Waals surface area contributed by atoms with E-state index in [0.29, 0.717) is 31.9 Å². The first-order valence-corrected chi connectivity index (χ1v) is 7.38. The predicted molar refractivity (Wildman–Crippen MR) is 81.8 cm³/mol. The summed E-state index contributed by atoms with van der Waals surface area (Å²) in [4.78, 5) is 11.6. The van der Waals surface area contributed by atoms with Crippen LogP contribution in [0, 0.1) is 0 Å². The lowest BCUT2D eigenvalue weighted by Gasteiger charge is -2.16. The first-order valence-electron chi connectivity index (χ1n) is 7.38. The summed E-state index contributed by atoms with van der Waals surface area (Å²) in [7, 11) is 1.39. The Labute approximate surface area is 126 Å². The first-order chi connectivity index (χ1) is 10.2. The Morgan fingerprint density at radius 2 is 1.76 bits per heavy atom. The smallest absolute Gasteiger partial charge is 0.322 e. The van der Waals surface area contributed by atoms with E-state index in [-0.39, 0.29) is 12.0 Å². The second-order valence-electron chi connectivity index (χ2n) is 4.57. The number of carbonyl (C=O) groups is 1. The number of likely N-dealkylation sites (N-methyl/N-ethyl adjacent to an activating group) is 1. The maximum absolute atomic E-state index is 11.6. The van der Waals surface area contributed by atoms with Crippen LogP contribution in [0.4, 0.5) is 0 Å². The lowest BCUT2D eigenvalue weighted by Crippen LogP contribution is -2.38. The van der Waals surface area contributed by atoms with Crippen molar-refractivity contribution in [3.05, 3.63) is 24.3 Å². The maximum atomic E-state index is 11.6. The fourth-order valence-corrected chi connectivity index (χ4v) is 1.88. The van der Waals surface area contributed by atoms with Crippen molar-refractivity contribution in [1.29, 1.82) is 0 Å². The summed E-state index contributed by atoms with van der Waals surface area (Å²) in [6.45, 7) is 5.78. The van der Waals surface area contributed by atoms with E-state index >= 15 is 0 Å². The number of carbonyl (C=O) groups excluding carboxylic acids is 1. The zero-order chi connectivity index (χ0) is 15.5. The van der Waals surface area contributed by atoms with Gasteiger partial charge in [-0.05, 0) is 25.1 Å². The van der Waals surface area contributed by atoms with Crippen molar-refractivity contribution < 1.29 is 19.0 Å². The third-order valence-electron chi connectivity index (χ3n) is 2.91. The van der Waals surface area contributed by atoms with E-state index in [2.05, 4.69) is 12.2 Å². The van der Waals surface area contributed by atoms with E-state index in [1.807, 2.05) is 31.2 Å². The van der Waals surface area contributed by atoms with E-state index in [0.717, 1.165) is 12.2 Å². The van der Waals surface area contributed by atoms with Crippen molar-refractivity contribution in [2.45, 2.75) is 32.7 Å². The van der Waals surface area contributed by atoms with Crippen LogP contribution in [-0.2, 0) is 9.53 Å². The van der Waals surface area contributed by atoms with E-state index in [4.69, 9.17) is 14.2 Å². The topological polar surface area (TPSA) is 56.8 Å². The Kier molecular flexibility index (Phi) is 8.28. The summed E-state index contributed by atoms with van der Waals surface area (Å²) >= 11 is 0. The van der Waals surface area contributed by atoms with Crippen LogP contribution in [0.3, 0.4) is 0 Å². The van der Waals surface area contributed by atoms with Gasteiger partial charge in [-0.2, -0.15) is 0 Å². The number of esters is 1. The standard InChI is InChI=1S/C16H25NO4/c1-4-11-20-14-8-6-7-9-15(14)21-12-10-13(17-5-2)16(18)19-3/h6-9,13,17H,4-5,10-12H2,1-3H3. The van der Waals surface area contributed by atoms with Gasteiger partial charge in [-0.15, -0.1) is 0 Å². The van der Waals surface area contributed by atoms with Crippen molar-refractivity contribution in [2.75, 3.05) is 26.9 Å². The maximum Gasteiger partial charge on any atom is 0.322 e. The van der Waals surface area contributed by atoms with Crippen LogP contribution in [0.5, 0.6) is 11.5 Å². The van der Waals surface area contributed by atoms with Crippen molar-refractivity contribution in [3.63, 3.8) is 0 Å². The molecule has 0 radical (unpaired) electrons. The molecule has 1 rings (SSSR count). The number of benzene rings is 1. The molecule has 1 aromatic carbocycles. The second kappa shape index (κ2) is 10.0. The van der Waals surface area contributed by atoms with E-state index < -0.39 is 0 Å². The number of rotatable bonds is 10. The molecule has 0 bridgehead atoms. The molecule has 1 aromatic rings. The Balaban J connectivity index is 2.52. The van der Waals surface area contributed by atoms with Gasteiger partial charge in [-0.25, -0.2) is 0 Å². The number of nitrogens with one attached hydrogen (secondary N) is 1. The van der Waals surface area contributed by atoms with Crippen molar-refractivity contribution >= 4 is 5.97 Å². The van der Waals surface area contributed by atoms with E-state index in [1.165, 1.54) is 7.11 Å². The molecule has 5 heteroatoms. The van der Waals surface area contributed by atoms with Crippen LogP contribution in [0.25, 0.3) is 0 Å². The molecule has 0 heterocycles. The molecule has 0 aliphatic carbocycles. The molecule has 0 fully saturated rings. The highest BCUT2D eigenvalue weighted by Crippen LogP contribution is 2.26. The highest BCUT2D eigenvalue weighted by atomic mass is 16.5. The van der Waals surface area contributed by atoms with E-state index in [9.17, 15) is 4.79 Å². The fraction of sp³-hybridized carbons (Fsp3) is 0.562. The molecular weight excluding hydrogens is 270 g/mol. The highest BCUT2D eigenvalue weighted by molar-refractivity contribution is 5.75. The first kappa shape index (κ1) is 17.3. The van der Waals surface area contributed by atoms with Gasteiger partial charge in [0.15, 0.2) is 11.5 Å². The summed E-state index contributed by atoms with van der Waals surface area (Å²) in [5.74, 6) is 1.17. The minimum atomic E-state index is -0.344. The van der Waals surface area contributed by atoms with Crippen molar-refractivity contribution in [2.24, 2.45) is 0 Å². The number of ether oxygens (including phenoxy) is 3. The van der Waals surface area contributed by atoms with Gasteiger partial charge in [0.25, 0.3) is 0 Å². The summed E-state index contributed by atoms with van der Waals surface area (Å²) in [5.41, 5.74) is 0. The summed E-state index contributed by atoms with van der Waals surface area (Å²) < 4.78 is 16.1. The van der Waals surface area contributed by atoms with Gasteiger partial charge in [0.05, 0.1) is 20.3 Å². The normalized spacial score (nSPS) is 11.8. The molecular formula is C16H25NO4. The Morgan fingerprint density at radius 3 is 2.29 bits per heavy atom. The number of hydrogen-bond donors (Lipinski definition) is 1. The molecule has 1 unspecified atom stereocenters. The van der Waals surface area contributed by atoms with Gasteiger partial charge in [0.2, 0.25) is 0 Å². The molecule has 0 aliphatic rings. The van der Waals surface area contributed by atoms with Gasteiger partial charge in [0, 0.05) is 6.42 Å². The van der Waals surface area contributed by atoms with Gasteiger partial charge < -0.3 is 19.5 Å². The van der Waals surface area contributed by atoms with Crippen LogP contribution in [0.2, 0.25) is 0 Å². The monoisotopic (exact) mass is 295 g/mol. The number of hydrogen-bond acceptors (Lipinski definition) is 5. The van der Waals surface area contributed by atoms with Gasteiger partial charge in [-0.3, -0.25) is 4.79 Å². The largest absolute Gasteiger partial charge is 0.490 e. The molecule has 5 nitrogen and oxygen atoms in total. The summed E-state index contributed by atoms with van der Waals surface area (Å²) in [6.07, 6.45) is 1.49. The highest BCUT2D eigenvalue weighted by Gasteiger charge is 2.17. The van der Waals surface area contributed by atoms with Gasteiger partial charge >= 0.3 is 5.97 Å². The minimum Gasteiger partial charge on any atom is -0.490 e. The van der Waals surface area contributed by atoms with Crippen LogP contribution >= 0.6 is 0 Å². The third kappa shape index (κ3) is 6.04. The van der Waals surface area contributed by atoms with Crippen LogP contribution in [-0.4, -0.2) is 38.9 Å². The average Bonchev–Trinajstić information content (AvgIpc) is 2.52. The van der Waals surface area contributed by atoms with Gasteiger partial charge in [0.1, 0.15) is 6.04 Å². The fourth-order valence-electron chi connectivity index (χ4n) is 1.88. The average molecular weight is 295 g/mol. The summed E-state index contributed by atoms with van der Waals surface area (Å²) in [5, 5.41) is 3.08.